The van der Waals surface area contributed by atoms with E-state index in [2.05, 4.69) is 20.4 Å². The van der Waals surface area contributed by atoms with Crippen molar-refractivity contribution < 1.29 is 19.1 Å². The fraction of sp³-hybridized carbons (Fsp3) is 0.417. The number of rotatable bonds is 10. The molecular weight excluding hydrogens is 566 g/mol. The summed E-state index contributed by atoms with van der Waals surface area (Å²) < 4.78 is 5.77. The van der Waals surface area contributed by atoms with Gasteiger partial charge in [-0.15, -0.1) is 0 Å². The Kier molecular flexibility index (Phi) is 11.2. The van der Waals surface area contributed by atoms with Crippen LogP contribution in [-0.4, -0.2) is 92.1 Å². The molecule has 9 heteroatoms. The predicted molar refractivity (Wildman–Crippen MR) is 177 cm³/mol. The molecule has 2 N–H and O–H groups in total. The van der Waals surface area contributed by atoms with Crippen molar-refractivity contribution in [3.63, 3.8) is 0 Å². The van der Waals surface area contributed by atoms with Crippen molar-refractivity contribution in [1.29, 1.82) is 0 Å². The maximum Gasteiger partial charge on any atom is 0.411 e. The summed E-state index contributed by atoms with van der Waals surface area (Å²) in [6.07, 6.45) is 2.72. The predicted octanol–water partition coefficient (Wildman–Crippen LogP) is 5.10. The summed E-state index contributed by atoms with van der Waals surface area (Å²) in [5, 5.41) is 5.69. The molecule has 0 atom stereocenters. The van der Waals surface area contributed by atoms with E-state index in [1.54, 1.807) is 11.9 Å². The molecule has 5 rings (SSSR count). The summed E-state index contributed by atoms with van der Waals surface area (Å²) >= 11 is 0. The van der Waals surface area contributed by atoms with Gasteiger partial charge in [-0.1, -0.05) is 60.7 Å². The number of para-hydroxylation sites is 1. The standard InChI is InChI=1S/C36H45N5O4/c1-37-34(42)29-16-20-41(21-17-29)26-27-12-14-30(15-13-27)35(43)39(2)24-25-40-22-18-31(19-23-40)45-36(44)38-33-11-7-6-10-32(33)28-8-4-3-5-9-28/h3-15,29,31H,16-26H2,1-2H3,(H,37,42)(H,38,44). The van der Waals surface area contributed by atoms with Gasteiger partial charge >= 0.3 is 6.09 Å². The Bertz CT molecular complexity index is 1410. The Hall–Kier alpha value is -4.21. The van der Waals surface area contributed by atoms with Crippen LogP contribution in [0.25, 0.3) is 11.1 Å². The molecule has 45 heavy (non-hydrogen) atoms. The first-order valence-corrected chi connectivity index (χ1v) is 16.0. The number of nitrogens with zero attached hydrogens (tertiary/aromatic N) is 3. The van der Waals surface area contributed by atoms with Gasteiger partial charge in [0, 0.05) is 63.9 Å². The number of benzene rings is 3. The third kappa shape index (κ3) is 8.93. The van der Waals surface area contributed by atoms with Crippen LogP contribution in [0.3, 0.4) is 0 Å². The molecule has 2 heterocycles. The minimum Gasteiger partial charge on any atom is -0.446 e. The zero-order chi connectivity index (χ0) is 31.6. The lowest BCUT2D eigenvalue weighted by molar-refractivity contribution is -0.125. The van der Waals surface area contributed by atoms with Crippen molar-refractivity contribution in [2.24, 2.45) is 5.92 Å². The summed E-state index contributed by atoms with van der Waals surface area (Å²) in [6, 6.07) is 25.6. The van der Waals surface area contributed by atoms with E-state index in [-0.39, 0.29) is 23.8 Å². The minimum atomic E-state index is -0.432. The van der Waals surface area contributed by atoms with Gasteiger partial charge in [0.15, 0.2) is 0 Å². The molecule has 2 fully saturated rings. The highest BCUT2D eigenvalue weighted by atomic mass is 16.6. The zero-order valence-electron chi connectivity index (χ0n) is 26.4. The van der Waals surface area contributed by atoms with Crippen LogP contribution in [0.1, 0.15) is 41.6 Å². The molecule has 0 unspecified atom stereocenters. The molecular formula is C36H45N5O4. The number of likely N-dealkylation sites (tertiary alicyclic amines) is 2. The highest BCUT2D eigenvalue weighted by Gasteiger charge is 2.25. The van der Waals surface area contributed by atoms with E-state index in [9.17, 15) is 14.4 Å². The molecule has 3 aromatic carbocycles. The van der Waals surface area contributed by atoms with Gasteiger partial charge in [0.05, 0.1) is 5.69 Å². The molecule has 0 spiro atoms. The van der Waals surface area contributed by atoms with Crippen LogP contribution in [0.15, 0.2) is 78.9 Å². The number of likely N-dealkylation sites (N-methyl/N-ethyl adjacent to an activating group) is 1. The van der Waals surface area contributed by atoms with E-state index in [4.69, 9.17) is 4.74 Å². The summed E-state index contributed by atoms with van der Waals surface area (Å²) in [5.41, 5.74) is 4.58. The molecule has 2 aliphatic heterocycles. The molecule has 3 aromatic rings. The SMILES string of the molecule is CNC(=O)C1CCN(Cc2ccc(C(=O)N(C)CCN3CCC(OC(=O)Nc4ccccc4-c4ccccc4)CC3)cc2)CC1. The van der Waals surface area contributed by atoms with E-state index < -0.39 is 6.09 Å². The topological polar surface area (TPSA) is 94.2 Å². The Labute approximate surface area is 266 Å². The van der Waals surface area contributed by atoms with Gasteiger partial charge in [-0.3, -0.25) is 19.8 Å². The maximum atomic E-state index is 13.1. The average Bonchev–Trinajstić information content (AvgIpc) is 3.08. The number of amides is 3. The summed E-state index contributed by atoms with van der Waals surface area (Å²) in [7, 11) is 3.55. The minimum absolute atomic E-state index is 0.0126. The van der Waals surface area contributed by atoms with Crippen LogP contribution < -0.4 is 10.6 Å². The van der Waals surface area contributed by atoms with Gasteiger partial charge in [0.1, 0.15) is 6.10 Å². The third-order valence-electron chi connectivity index (χ3n) is 8.97. The molecule has 238 valence electrons. The third-order valence-corrected chi connectivity index (χ3v) is 8.97. The van der Waals surface area contributed by atoms with Crippen LogP contribution in [0.5, 0.6) is 0 Å². The van der Waals surface area contributed by atoms with E-state index in [0.29, 0.717) is 12.1 Å². The number of carbonyl (C=O) groups excluding carboxylic acids is 3. The van der Waals surface area contributed by atoms with E-state index >= 15 is 0 Å². The second kappa shape index (κ2) is 15.7. The van der Waals surface area contributed by atoms with Crippen LogP contribution in [0.2, 0.25) is 0 Å². The number of carbonyl (C=O) groups is 3. The largest absolute Gasteiger partial charge is 0.446 e. The van der Waals surface area contributed by atoms with Gasteiger partial charge in [0.2, 0.25) is 5.91 Å². The van der Waals surface area contributed by atoms with Crippen molar-refractivity contribution in [3.05, 3.63) is 90.0 Å². The van der Waals surface area contributed by atoms with Crippen LogP contribution >= 0.6 is 0 Å². The van der Waals surface area contributed by atoms with E-state index in [1.807, 2.05) is 85.9 Å². The lowest BCUT2D eigenvalue weighted by atomic mass is 9.95. The maximum absolute atomic E-state index is 13.1. The number of hydrogen-bond donors (Lipinski definition) is 2. The molecule has 9 nitrogen and oxygen atoms in total. The van der Waals surface area contributed by atoms with E-state index in [1.165, 1.54) is 5.56 Å². The summed E-state index contributed by atoms with van der Waals surface area (Å²) in [5.74, 6) is 0.266. The number of anilines is 1. The molecule has 0 radical (unpaired) electrons. The van der Waals surface area contributed by atoms with Crippen molar-refractivity contribution in [1.82, 2.24) is 20.0 Å². The Morgan fingerprint density at radius 3 is 2.16 bits per heavy atom. The van der Waals surface area contributed by atoms with Crippen LogP contribution in [-0.2, 0) is 16.1 Å². The second-order valence-corrected chi connectivity index (χ2v) is 12.1. The van der Waals surface area contributed by atoms with Gasteiger partial charge < -0.3 is 19.9 Å². The summed E-state index contributed by atoms with van der Waals surface area (Å²) in [6.45, 7) is 5.67. The first-order chi connectivity index (χ1) is 21.9. The van der Waals surface area contributed by atoms with Crippen molar-refractivity contribution in [2.75, 3.05) is 58.7 Å². The normalized spacial score (nSPS) is 16.6. The highest BCUT2D eigenvalue weighted by molar-refractivity contribution is 5.94. The molecule has 3 amide bonds. The Morgan fingerprint density at radius 2 is 1.47 bits per heavy atom. The monoisotopic (exact) mass is 611 g/mol. The molecule has 0 aliphatic carbocycles. The second-order valence-electron chi connectivity index (χ2n) is 12.1. The smallest absolute Gasteiger partial charge is 0.411 e. The van der Waals surface area contributed by atoms with Gasteiger partial charge in [-0.2, -0.15) is 0 Å². The van der Waals surface area contributed by atoms with Gasteiger partial charge in [0.25, 0.3) is 5.91 Å². The first-order valence-electron chi connectivity index (χ1n) is 16.0. The van der Waals surface area contributed by atoms with Crippen LogP contribution in [0.4, 0.5) is 10.5 Å². The van der Waals surface area contributed by atoms with Crippen molar-refractivity contribution >= 4 is 23.6 Å². The first kappa shape index (κ1) is 32.2. The fourth-order valence-electron chi connectivity index (χ4n) is 6.18. The molecule has 0 saturated carbocycles. The fourth-order valence-corrected chi connectivity index (χ4v) is 6.18. The van der Waals surface area contributed by atoms with Gasteiger partial charge in [-0.25, -0.2) is 4.79 Å². The lowest BCUT2D eigenvalue weighted by Gasteiger charge is -2.32. The van der Waals surface area contributed by atoms with Gasteiger partial charge in [-0.05, 0) is 68.1 Å². The van der Waals surface area contributed by atoms with Crippen molar-refractivity contribution in [2.45, 2.75) is 38.3 Å². The molecule has 2 saturated heterocycles. The van der Waals surface area contributed by atoms with E-state index in [0.717, 1.165) is 81.8 Å². The zero-order valence-corrected chi connectivity index (χ0v) is 26.4. The Morgan fingerprint density at radius 1 is 0.822 bits per heavy atom. The summed E-state index contributed by atoms with van der Waals surface area (Å²) in [4.78, 5) is 44.2. The lowest BCUT2D eigenvalue weighted by Crippen LogP contribution is -2.42. The molecule has 0 aromatic heterocycles. The Balaban J connectivity index is 1.01. The van der Waals surface area contributed by atoms with Crippen molar-refractivity contribution in [3.8, 4) is 11.1 Å². The highest BCUT2D eigenvalue weighted by Crippen LogP contribution is 2.28. The number of ether oxygens (including phenoxy) is 1. The quantitative estimate of drug-likeness (QED) is 0.332. The number of piperidine rings is 2. The van der Waals surface area contributed by atoms with Crippen LogP contribution in [0, 0.1) is 5.92 Å². The number of nitrogens with one attached hydrogen (secondary N) is 2. The molecule has 2 aliphatic rings. The molecule has 0 bridgehead atoms. The number of hydrogen-bond acceptors (Lipinski definition) is 6. The average molecular weight is 612 g/mol.